The Bertz CT molecular complexity index is 1960. The Hall–Kier alpha value is -2.57. The molecule has 0 saturated carbocycles. The van der Waals surface area contributed by atoms with Crippen LogP contribution in [0, 0.1) is 24.0 Å². The molecular weight excluding hydrogens is 715 g/mol. The zero-order valence-electron chi connectivity index (χ0n) is 30.7. The molecule has 0 spiro atoms. The summed E-state index contributed by atoms with van der Waals surface area (Å²) in [5.74, 6) is 1.20. The van der Waals surface area contributed by atoms with Crippen molar-refractivity contribution in [3.05, 3.63) is 141 Å². The fourth-order valence-corrected chi connectivity index (χ4v) is 8.76. The summed E-state index contributed by atoms with van der Waals surface area (Å²) >= 11 is 1.46. The van der Waals surface area contributed by atoms with Crippen LogP contribution in [0.15, 0.2) is 90.0 Å². The van der Waals surface area contributed by atoms with Crippen molar-refractivity contribution >= 4 is 25.6 Å². The van der Waals surface area contributed by atoms with Gasteiger partial charge in [0.05, 0.1) is 0 Å². The van der Waals surface area contributed by atoms with Gasteiger partial charge in [-0.2, -0.15) is 17.2 Å². The molecule has 0 aromatic heterocycles. The third kappa shape index (κ3) is 7.57. The van der Waals surface area contributed by atoms with Crippen molar-refractivity contribution in [1.29, 1.82) is 0 Å². The minimum absolute atomic E-state index is 0. The van der Waals surface area contributed by atoms with E-state index in [0.29, 0.717) is 11.8 Å². The number of hydrogen-bond acceptors (Lipinski definition) is 0. The molecule has 0 N–H and O–H groups in total. The number of allylic oxidation sites excluding steroid dienone is 8. The molecule has 4 aliphatic rings. The molecule has 4 aliphatic carbocycles. The van der Waals surface area contributed by atoms with E-state index in [1.807, 2.05) is 0 Å². The third-order valence-corrected chi connectivity index (χ3v) is 11.1. The zero-order valence-corrected chi connectivity index (χ0v) is 34.7. The normalized spacial score (nSPS) is 18.1. The number of rotatable bonds is 2. The first kappa shape index (κ1) is 39.2. The van der Waals surface area contributed by atoms with Gasteiger partial charge in [0, 0.05) is 5.41 Å². The summed E-state index contributed by atoms with van der Waals surface area (Å²) in [5.41, 5.74) is 18.7. The second-order valence-electron chi connectivity index (χ2n) is 15.3. The number of benzene rings is 4. The molecule has 0 heterocycles. The van der Waals surface area contributed by atoms with Gasteiger partial charge < -0.3 is 24.8 Å². The van der Waals surface area contributed by atoms with E-state index in [1.165, 1.54) is 107 Å². The van der Waals surface area contributed by atoms with Gasteiger partial charge in [-0.05, 0) is 58.4 Å². The van der Waals surface area contributed by atoms with Crippen LogP contribution in [0.1, 0.15) is 108 Å². The molecule has 0 saturated heterocycles. The molecule has 0 fully saturated rings. The standard InChI is InChI=1S/C25H25.C11H8.C10H15.2ClH.Zr/c1-14-12-24(3,4)22-8-16-7-17-9-23-19(15(2)13-25(23,5)6)11-21(17)20(16)10-18(14)22;1-9-5-4-7-10-6-2-3-8-11(9)10;1-7(2)10-6-8(3)5-9(10)4;;;/h8-12H,7H2,1-6H3;1-8H;6-8H,1-4H3;2*1H;/q-1;;-1;;;+2/p-2. The predicted octanol–water partition coefficient (Wildman–Crippen LogP) is 5.96. The van der Waals surface area contributed by atoms with Crippen LogP contribution in [0.2, 0.25) is 0 Å². The quantitative estimate of drug-likeness (QED) is 0.195. The third-order valence-electron chi connectivity index (χ3n) is 10.3. The van der Waals surface area contributed by atoms with Crippen molar-refractivity contribution in [2.45, 2.75) is 86.5 Å². The Morgan fingerprint density at radius 1 is 0.776 bits per heavy atom. The molecule has 0 bridgehead atoms. The van der Waals surface area contributed by atoms with Crippen molar-refractivity contribution in [1.82, 2.24) is 0 Å². The summed E-state index contributed by atoms with van der Waals surface area (Å²) in [6.07, 6.45) is 12.8. The van der Waals surface area contributed by atoms with Gasteiger partial charge in [-0.25, -0.2) is 11.1 Å². The summed E-state index contributed by atoms with van der Waals surface area (Å²) in [6, 6.07) is 24.7. The molecule has 0 nitrogen and oxygen atoms in total. The SMILES string of the molecule is CC1=[C-]C(C)(C)c2cc3c(cc21)-c1cc2c(cc1C3)C(C)(C)C=C2C.CC1=[C-]C(C)C=C1C(C)C.[Cl-].[Cl-].[Zr+2]=[CH]c1cccc2ccccc12. The van der Waals surface area contributed by atoms with E-state index < -0.39 is 0 Å². The van der Waals surface area contributed by atoms with E-state index in [9.17, 15) is 0 Å². The molecule has 4 aromatic carbocycles. The molecule has 3 heteroatoms. The summed E-state index contributed by atoms with van der Waals surface area (Å²) in [5, 5.41) is 2.69. The summed E-state index contributed by atoms with van der Waals surface area (Å²) < 4.78 is 2.23. The number of halogens is 2. The predicted molar refractivity (Wildman–Crippen MR) is 200 cm³/mol. The Morgan fingerprint density at radius 2 is 1.39 bits per heavy atom. The summed E-state index contributed by atoms with van der Waals surface area (Å²) in [7, 11) is 0. The van der Waals surface area contributed by atoms with E-state index in [-0.39, 0.29) is 35.6 Å². The number of hydrogen-bond donors (Lipinski definition) is 0. The van der Waals surface area contributed by atoms with Crippen LogP contribution in [0.4, 0.5) is 0 Å². The van der Waals surface area contributed by atoms with Gasteiger partial charge in [0.1, 0.15) is 0 Å². The van der Waals surface area contributed by atoms with Crippen molar-refractivity contribution in [3.8, 4) is 11.1 Å². The molecule has 0 amide bonds. The van der Waals surface area contributed by atoms with Gasteiger partial charge in [0.15, 0.2) is 0 Å². The molecule has 252 valence electrons. The molecule has 49 heavy (non-hydrogen) atoms. The topological polar surface area (TPSA) is 0 Å². The van der Waals surface area contributed by atoms with Crippen LogP contribution in [0.5, 0.6) is 0 Å². The average Bonchev–Trinajstić information content (AvgIpc) is 3.69. The van der Waals surface area contributed by atoms with Crippen LogP contribution in [-0.4, -0.2) is 3.71 Å². The Kier molecular flexibility index (Phi) is 12.0. The van der Waals surface area contributed by atoms with Crippen molar-refractivity contribution in [3.63, 3.8) is 0 Å². The van der Waals surface area contributed by atoms with E-state index in [2.05, 4.69) is 164 Å². The van der Waals surface area contributed by atoms with E-state index in [0.717, 1.165) is 6.42 Å². The average molecular weight is 763 g/mol. The summed E-state index contributed by atoms with van der Waals surface area (Å²) in [6.45, 7) is 22.5. The molecular formula is C46H48Cl2Zr-2. The zero-order chi connectivity index (χ0) is 33.8. The molecule has 0 radical (unpaired) electrons. The fourth-order valence-electron chi connectivity index (χ4n) is 8.14. The van der Waals surface area contributed by atoms with Crippen LogP contribution in [-0.2, 0) is 41.5 Å². The molecule has 8 rings (SSSR count). The van der Waals surface area contributed by atoms with Gasteiger partial charge in [-0.1, -0.05) is 97.8 Å². The Balaban J connectivity index is 0.000000189. The Labute approximate surface area is 323 Å². The van der Waals surface area contributed by atoms with E-state index >= 15 is 0 Å². The van der Waals surface area contributed by atoms with E-state index in [4.69, 9.17) is 0 Å². The molecule has 1 unspecified atom stereocenters. The van der Waals surface area contributed by atoms with Crippen LogP contribution in [0.3, 0.4) is 0 Å². The van der Waals surface area contributed by atoms with Crippen LogP contribution in [0.25, 0.3) is 33.0 Å². The van der Waals surface area contributed by atoms with Gasteiger partial charge in [0.2, 0.25) is 0 Å². The first-order valence-electron chi connectivity index (χ1n) is 17.2. The van der Waals surface area contributed by atoms with Gasteiger partial charge in [-0.3, -0.25) is 12.2 Å². The molecule has 0 aliphatic heterocycles. The van der Waals surface area contributed by atoms with Gasteiger partial charge in [0.25, 0.3) is 0 Å². The maximum atomic E-state index is 3.65. The van der Waals surface area contributed by atoms with Crippen molar-refractivity contribution < 1.29 is 49.0 Å². The van der Waals surface area contributed by atoms with Gasteiger partial charge in [-0.15, -0.1) is 11.6 Å². The van der Waals surface area contributed by atoms with Crippen LogP contribution >= 0.6 is 0 Å². The van der Waals surface area contributed by atoms with Crippen molar-refractivity contribution in [2.24, 2.45) is 11.8 Å². The first-order chi connectivity index (χ1) is 22.2. The summed E-state index contributed by atoms with van der Waals surface area (Å²) in [4.78, 5) is 0. The second-order valence-corrected chi connectivity index (χ2v) is 16.0. The second kappa shape index (κ2) is 15.0. The molecule has 1 atom stereocenters. The van der Waals surface area contributed by atoms with Crippen LogP contribution < -0.4 is 24.8 Å². The molecule has 4 aromatic rings. The van der Waals surface area contributed by atoms with E-state index in [1.54, 1.807) is 0 Å². The minimum atomic E-state index is 0. The van der Waals surface area contributed by atoms with Gasteiger partial charge >= 0.3 is 86.7 Å². The number of fused-ring (bicyclic) bond motifs is 6. The first-order valence-corrected chi connectivity index (χ1v) is 18.6. The van der Waals surface area contributed by atoms with Crippen molar-refractivity contribution in [2.75, 3.05) is 0 Å². The fraction of sp³-hybridized carbons (Fsp3) is 0.326. The maximum absolute atomic E-state index is 3.65. The Morgan fingerprint density at radius 3 is 1.98 bits per heavy atom. The monoisotopic (exact) mass is 760 g/mol.